The maximum atomic E-state index is 13.4. The Morgan fingerprint density at radius 1 is 1.09 bits per heavy atom. The van der Waals surface area contributed by atoms with E-state index >= 15 is 0 Å². The molecule has 1 fully saturated rings. The highest BCUT2D eigenvalue weighted by Gasteiger charge is 2.32. The smallest absolute Gasteiger partial charge is 0.258 e. The lowest BCUT2D eigenvalue weighted by atomic mass is 9.94. The minimum Gasteiger partial charge on any atom is -0.370 e. The van der Waals surface area contributed by atoms with Gasteiger partial charge in [-0.05, 0) is 60.7 Å². The van der Waals surface area contributed by atoms with Gasteiger partial charge in [0.1, 0.15) is 5.82 Å². The van der Waals surface area contributed by atoms with E-state index in [1.54, 1.807) is 0 Å². The van der Waals surface area contributed by atoms with Crippen molar-refractivity contribution in [3.05, 3.63) is 59.9 Å². The average Bonchev–Trinajstić information content (AvgIpc) is 2.74. The van der Waals surface area contributed by atoms with E-state index in [1.807, 2.05) is 13.8 Å². The molecule has 3 rings (SSSR count). The number of halogens is 1. The molecule has 2 aromatic carbocycles. The van der Waals surface area contributed by atoms with Gasteiger partial charge in [-0.2, -0.15) is 4.31 Å². The van der Waals surface area contributed by atoms with Crippen LogP contribution >= 0.6 is 0 Å². The van der Waals surface area contributed by atoms with Gasteiger partial charge in [0.15, 0.2) is 0 Å². The topological polar surface area (TPSA) is 101 Å². The summed E-state index contributed by atoms with van der Waals surface area (Å²) in [5, 5.41) is 0. The first-order chi connectivity index (χ1) is 15.1. The molecule has 1 aliphatic heterocycles. The van der Waals surface area contributed by atoms with Crippen molar-refractivity contribution in [2.75, 3.05) is 24.5 Å². The van der Waals surface area contributed by atoms with Gasteiger partial charge in [-0.1, -0.05) is 19.9 Å². The normalized spacial score (nSPS) is 19.5. The molecule has 0 radical (unpaired) electrons. The zero-order chi connectivity index (χ0) is 23.5. The predicted molar refractivity (Wildman–Crippen MR) is 120 cm³/mol. The highest BCUT2D eigenvalue weighted by atomic mass is 32.2. The van der Waals surface area contributed by atoms with Crippen LogP contribution in [-0.4, -0.2) is 44.2 Å². The number of nitrogens with two attached hydrogens (primary N) is 1. The summed E-state index contributed by atoms with van der Waals surface area (Å²) in [6.45, 7) is 4.91. The lowest BCUT2D eigenvalue weighted by Gasteiger charge is -2.34. The van der Waals surface area contributed by atoms with Crippen LogP contribution in [0.3, 0.4) is 0 Å². The molecule has 0 spiro atoms. The van der Waals surface area contributed by atoms with E-state index in [0.717, 1.165) is 6.42 Å². The summed E-state index contributed by atoms with van der Waals surface area (Å²) < 4.78 is 41.3. The zero-order valence-electron chi connectivity index (χ0n) is 18.2. The van der Waals surface area contributed by atoms with Gasteiger partial charge in [0.05, 0.1) is 4.90 Å². The molecule has 9 heteroatoms. The summed E-state index contributed by atoms with van der Waals surface area (Å²) in [5.41, 5.74) is 5.78. The van der Waals surface area contributed by atoms with E-state index in [4.69, 9.17) is 5.73 Å². The van der Waals surface area contributed by atoms with Crippen molar-refractivity contribution in [3.63, 3.8) is 0 Å². The number of hydrogen-bond acceptors (Lipinski definition) is 4. The third-order valence-electron chi connectivity index (χ3n) is 5.52. The van der Waals surface area contributed by atoms with Gasteiger partial charge in [0, 0.05) is 37.3 Å². The second-order valence-electron chi connectivity index (χ2n) is 8.45. The molecule has 7 nitrogen and oxygen atoms in total. The highest BCUT2D eigenvalue weighted by molar-refractivity contribution is 7.89. The minimum atomic E-state index is -3.77. The third-order valence-corrected chi connectivity index (χ3v) is 7.35. The number of amides is 2. The molecule has 2 amide bonds. The SMILES string of the molecule is C[C@@H]1C[C@H](C)CN(S(=O)(=O)c2cccc(C(=O)N(CCC(N)=O)c3ccc(F)cc3)c2)C1. The summed E-state index contributed by atoms with van der Waals surface area (Å²) in [4.78, 5) is 25.9. The number of benzene rings is 2. The second-order valence-corrected chi connectivity index (χ2v) is 10.4. The van der Waals surface area contributed by atoms with Gasteiger partial charge < -0.3 is 10.6 Å². The first kappa shape index (κ1) is 23.9. The fraction of sp³-hybridized carbons (Fsp3) is 0.391. The predicted octanol–water partition coefficient (Wildman–Crippen LogP) is 3.01. The van der Waals surface area contributed by atoms with Gasteiger partial charge in [0.2, 0.25) is 15.9 Å². The minimum absolute atomic E-state index is 0.0159. The van der Waals surface area contributed by atoms with Crippen molar-refractivity contribution in [2.45, 2.75) is 31.6 Å². The van der Waals surface area contributed by atoms with Crippen molar-refractivity contribution < 1.29 is 22.4 Å². The molecule has 172 valence electrons. The third kappa shape index (κ3) is 5.52. The Balaban J connectivity index is 1.92. The molecule has 0 unspecified atom stereocenters. The summed E-state index contributed by atoms with van der Waals surface area (Å²) in [5.74, 6) is -1.05. The number of anilines is 1. The van der Waals surface area contributed by atoms with Crippen molar-refractivity contribution in [2.24, 2.45) is 17.6 Å². The van der Waals surface area contributed by atoms with Crippen molar-refractivity contribution in [1.82, 2.24) is 4.31 Å². The van der Waals surface area contributed by atoms with Crippen LogP contribution < -0.4 is 10.6 Å². The average molecular weight is 462 g/mol. The Morgan fingerprint density at radius 2 is 1.72 bits per heavy atom. The van der Waals surface area contributed by atoms with Crippen LogP contribution in [0, 0.1) is 17.7 Å². The summed E-state index contributed by atoms with van der Waals surface area (Å²) in [7, 11) is -3.77. The van der Waals surface area contributed by atoms with Gasteiger partial charge in [-0.25, -0.2) is 12.8 Å². The van der Waals surface area contributed by atoms with E-state index in [0.29, 0.717) is 18.8 Å². The van der Waals surface area contributed by atoms with E-state index < -0.39 is 27.7 Å². The second kappa shape index (κ2) is 9.79. The van der Waals surface area contributed by atoms with Crippen molar-refractivity contribution >= 4 is 27.5 Å². The Morgan fingerprint density at radius 3 is 2.31 bits per heavy atom. The summed E-state index contributed by atoms with van der Waals surface area (Å²) >= 11 is 0. The number of hydrogen-bond donors (Lipinski definition) is 1. The molecule has 1 heterocycles. The molecule has 2 atom stereocenters. The van der Waals surface area contributed by atoms with Gasteiger partial charge in [-0.3, -0.25) is 9.59 Å². The van der Waals surface area contributed by atoms with Crippen LogP contribution in [0.4, 0.5) is 10.1 Å². The largest absolute Gasteiger partial charge is 0.370 e. The maximum absolute atomic E-state index is 13.4. The van der Waals surface area contributed by atoms with Crippen LogP contribution in [0.2, 0.25) is 0 Å². The fourth-order valence-corrected chi connectivity index (χ4v) is 5.81. The summed E-state index contributed by atoms with van der Waals surface area (Å²) in [6, 6.07) is 11.1. The Kier molecular flexibility index (Phi) is 7.30. The molecule has 1 saturated heterocycles. The maximum Gasteiger partial charge on any atom is 0.258 e. The molecule has 0 saturated carbocycles. The number of piperidine rings is 1. The van der Waals surface area contributed by atoms with Gasteiger partial charge >= 0.3 is 0 Å². The van der Waals surface area contributed by atoms with Crippen LogP contribution in [0.25, 0.3) is 0 Å². The van der Waals surface area contributed by atoms with E-state index in [1.165, 1.54) is 57.7 Å². The van der Waals surface area contributed by atoms with E-state index in [-0.39, 0.29) is 35.3 Å². The number of carbonyl (C=O) groups is 2. The van der Waals surface area contributed by atoms with Gasteiger partial charge in [0.25, 0.3) is 5.91 Å². The molecule has 2 N–H and O–H groups in total. The molecule has 0 aromatic heterocycles. The monoisotopic (exact) mass is 461 g/mol. The Bertz CT molecular complexity index is 1080. The molecule has 1 aliphatic rings. The van der Waals surface area contributed by atoms with E-state index in [2.05, 4.69) is 0 Å². The molecule has 2 aromatic rings. The van der Waals surface area contributed by atoms with E-state index in [9.17, 15) is 22.4 Å². The quantitative estimate of drug-likeness (QED) is 0.685. The standard InChI is InChI=1S/C23H28FN3O4S/c1-16-12-17(2)15-26(14-16)32(30,31)21-5-3-4-18(13-21)23(29)27(11-10-22(25)28)20-8-6-19(24)7-9-20/h3-9,13,16-17H,10-12,14-15H2,1-2H3,(H2,25,28)/t16-,17+. The van der Waals surface area contributed by atoms with Crippen molar-refractivity contribution in [1.29, 1.82) is 0 Å². The number of nitrogens with zero attached hydrogens (tertiary/aromatic N) is 2. The lowest BCUT2D eigenvalue weighted by molar-refractivity contribution is -0.117. The zero-order valence-corrected chi connectivity index (χ0v) is 19.0. The number of sulfonamides is 1. The molecule has 0 aliphatic carbocycles. The van der Waals surface area contributed by atoms with Crippen LogP contribution in [0.15, 0.2) is 53.4 Å². The van der Waals surface area contributed by atoms with Crippen molar-refractivity contribution in [3.8, 4) is 0 Å². The lowest BCUT2D eigenvalue weighted by Crippen LogP contribution is -2.42. The molecule has 0 bridgehead atoms. The first-order valence-corrected chi connectivity index (χ1v) is 12.0. The van der Waals surface area contributed by atoms with Gasteiger partial charge in [-0.15, -0.1) is 0 Å². The summed E-state index contributed by atoms with van der Waals surface area (Å²) in [6.07, 6.45) is 0.877. The van der Waals surface area contributed by atoms with Crippen LogP contribution in [-0.2, 0) is 14.8 Å². The molecule has 32 heavy (non-hydrogen) atoms. The highest BCUT2D eigenvalue weighted by Crippen LogP contribution is 2.27. The molecular weight excluding hydrogens is 433 g/mol. The molecular formula is C23H28FN3O4S. The number of carbonyl (C=O) groups excluding carboxylic acids is 2. The van der Waals surface area contributed by atoms with Crippen LogP contribution in [0.5, 0.6) is 0 Å². The Hall–Kier alpha value is -2.78. The number of primary amides is 1. The number of rotatable bonds is 7. The first-order valence-electron chi connectivity index (χ1n) is 10.5. The Labute approximate surface area is 188 Å². The fourth-order valence-electron chi connectivity index (χ4n) is 4.09. The van der Waals surface area contributed by atoms with Crippen LogP contribution in [0.1, 0.15) is 37.0 Å².